The molecule has 5 N–H and O–H groups in total. The van der Waals surface area contributed by atoms with Gasteiger partial charge in [0.2, 0.25) is 0 Å². The van der Waals surface area contributed by atoms with Crippen LogP contribution in [-0.2, 0) is 17.9 Å². The van der Waals surface area contributed by atoms with Gasteiger partial charge < -0.3 is 16.2 Å². The fourth-order valence-corrected chi connectivity index (χ4v) is 1.74. The van der Waals surface area contributed by atoms with Gasteiger partial charge in [0.25, 0.3) is 0 Å². The van der Waals surface area contributed by atoms with Crippen LogP contribution in [0.2, 0.25) is 0 Å². The second-order valence-corrected chi connectivity index (χ2v) is 4.57. The van der Waals surface area contributed by atoms with Crippen LogP contribution in [0.25, 0.3) is 0 Å². The second-order valence-electron chi connectivity index (χ2n) is 4.57. The molecule has 0 atom stereocenters. The van der Waals surface area contributed by atoms with Gasteiger partial charge in [0.1, 0.15) is 6.61 Å². The molecule has 0 aliphatic heterocycles. The van der Waals surface area contributed by atoms with Gasteiger partial charge in [-0.3, -0.25) is 0 Å². The van der Waals surface area contributed by atoms with Crippen molar-refractivity contribution in [2.75, 3.05) is 0 Å². The lowest BCUT2D eigenvalue weighted by Gasteiger charge is -2.05. The first-order valence-corrected chi connectivity index (χ1v) is 6.78. The lowest BCUT2D eigenvalue weighted by molar-refractivity contribution is 0.140. The molecule has 1 amide bonds. The number of amides is 1. The molecule has 0 saturated heterocycles. The van der Waals surface area contributed by atoms with Crippen LogP contribution in [0.4, 0.5) is 4.79 Å². The number of nitrogens with one attached hydrogen (secondary N) is 1. The van der Waals surface area contributed by atoms with Crippen molar-refractivity contribution in [1.82, 2.24) is 5.43 Å². The third kappa shape index (κ3) is 4.60. The van der Waals surface area contributed by atoms with Gasteiger partial charge in [0.05, 0.1) is 0 Å². The van der Waals surface area contributed by atoms with E-state index in [0.717, 1.165) is 11.1 Å². The predicted octanol–water partition coefficient (Wildman–Crippen LogP) is 1.69. The van der Waals surface area contributed by atoms with Gasteiger partial charge in [-0.1, -0.05) is 54.6 Å². The number of rotatable bonds is 5. The van der Waals surface area contributed by atoms with Crippen LogP contribution >= 0.6 is 0 Å². The van der Waals surface area contributed by atoms with E-state index in [1.54, 1.807) is 12.1 Å². The predicted molar refractivity (Wildman–Crippen MR) is 84.8 cm³/mol. The van der Waals surface area contributed by atoms with Crippen molar-refractivity contribution < 1.29 is 9.53 Å². The van der Waals surface area contributed by atoms with Crippen LogP contribution < -0.4 is 16.9 Å². The van der Waals surface area contributed by atoms with E-state index in [-0.39, 0.29) is 12.4 Å². The van der Waals surface area contributed by atoms with Gasteiger partial charge >= 0.3 is 6.09 Å². The highest BCUT2D eigenvalue weighted by Gasteiger charge is 2.03. The number of benzene rings is 2. The van der Waals surface area contributed by atoms with Gasteiger partial charge in [-0.25, -0.2) is 10.2 Å². The summed E-state index contributed by atoms with van der Waals surface area (Å²) in [6.45, 7) is 0.634. The van der Waals surface area contributed by atoms with Gasteiger partial charge in [0.15, 0.2) is 5.84 Å². The van der Waals surface area contributed by atoms with Gasteiger partial charge in [-0.2, -0.15) is 5.10 Å². The van der Waals surface area contributed by atoms with Crippen molar-refractivity contribution in [2.24, 2.45) is 16.6 Å². The Morgan fingerprint density at radius 1 is 1.05 bits per heavy atom. The number of ether oxygens (including phenoxy) is 1. The average Bonchev–Trinajstić information content (AvgIpc) is 2.58. The normalized spacial score (nSPS) is 11.0. The highest BCUT2D eigenvalue weighted by Crippen LogP contribution is 2.03. The van der Waals surface area contributed by atoms with E-state index >= 15 is 0 Å². The Balaban J connectivity index is 1.85. The Labute approximate surface area is 128 Å². The number of amidine groups is 1. The average molecular weight is 298 g/mol. The SMILES string of the molecule is NCc1ccc(C(N)=NNC(=O)OCc2ccccc2)cc1. The van der Waals surface area contributed by atoms with E-state index < -0.39 is 6.09 Å². The highest BCUT2D eigenvalue weighted by molar-refractivity contribution is 5.97. The van der Waals surface area contributed by atoms with Gasteiger partial charge in [-0.15, -0.1) is 0 Å². The number of carbonyl (C=O) groups is 1. The largest absolute Gasteiger partial charge is 0.443 e. The van der Waals surface area contributed by atoms with Crippen molar-refractivity contribution in [2.45, 2.75) is 13.2 Å². The molecule has 6 nitrogen and oxygen atoms in total. The Bertz CT molecular complexity index is 639. The van der Waals surface area contributed by atoms with Crippen LogP contribution in [-0.4, -0.2) is 11.9 Å². The molecule has 0 aliphatic carbocycles. The first kappa shape index (κ1) is 15.5. The van der Waals surface area contributed by atoms with Crippen LogP contribution in [0.1, 0.15) is 16.7 Å². The number of carbonyl (C=O) groups excluding carboxylic acids is 1. The molecule has 114 valence electrons. The van der Waals surface area contributed by atoms with E-state index in [1.165, 1.54) is 0 Å². The molecule has 6 heteroatoms. The summed E-state index contributed by atoms with van der Waals surface area (Å²) in [5.41, 5.74) is 16.2. The van der Waals surface area contributed by atoms with Crippen LogP contribution in [0, 0.1) is 0 Å². The molecule has 0 saturated carbocycles. The summed E-state index contributed by atoms with van der Waals surface area (Å²) in [6, 6.07) is 16.7. The minimum Gasteiger partial charge on any atom is -0.443 e. The number of nitrogens with zero attached hydrogens (tertiary/aromatic N) is 1. The molecule has 0 heterocycles. The number of hydrogen-bond donors (Lipinski definition) is 3. The Kier molecular flexibility index (Phi) is 5.50. The smallest absolute Gasteiger partial charge is 0.428 e. The molecule has 0 unspecified atom stereocenters. The Morgan fingerprint density at radius 3 is 2.36 bits per heavy atom. The molecule has 2 aromatic rings. The molecular weight excluding hydrogens is 280 g/mol. The second kappa shape index (κ2) is 7.80. The first-order valence-electron chi connectivity index (χ1n) is 6.78. The monoisotopic (exact) mass is 298 g/mol. The fourth-order valence-electron chi connectivity index (χ4n) is 1.74. The van der Waals surface area contributed by atoms with Crippen molar-refractivity contribution in [3.8, 4) is 0 Å². The van der Waals surface area contributed by atoms with E-state index in [2.05, 4.69) is 10.5 Å². The maximum Gasteiger partial charge on any atom is 0.428 e. The standard InChI is InChI=1S/C16H18N4O2/c17-10-12-6-8-14(9-7-12)15(18)19-20-16(21)22-11-13-4-2-1-3-5-13/h1-9H,10-11,17H2,(H2,18,19)(H,20,21). The molecule has 0 fully saturated rings. The summed E-state index contributed by atoms with van der Waals surface area (Å²) < 4.78 is 5.02. The Morgan fingerprint density at radius 2 is 1.73 bits per heavy atom. The van der Waals surface area contributed by atoms with Crippen LogP contribution in [0.3, 0.4) is 0 Å². The zero-order valence-corrected chi connectivity index (χ0v) is 12.0. The number of nitrogens with two attached hydrogens (primary N) is 2. The minimum atomic E-state index is -0.662. The zero-order chi connectivity index (χ0) is 15.8. The fraction of sp³-hybridized carbons (Fsp3) is 0.125. The lowest BCUT2D eigenvalue weighted by atomic mass is 10.1. The zero-order valence-electron chi connectivity index (χ0n) is 12.0. The summed E-state index contributed by atoms with van der Waals surface area (Å²) in [6.07, 6.45) is -0.662. The summed E-state index contributed by atoms with van der Waals surface area (Å²) in [7, 11) is 0. The minimum absolute atomic E-state index is 0.174. The van der Waals surface area contributed by atoms with Crippen molar-refractivity contribution >= 4 is 11.9 Å². The molecule has 0 aliphatic rings. The quantitative estimate of drug-likeness (QED) is 0.444. The summed E-state index contributed by atoms with van der Waals surface area (Å²) in [4.78, 5) is 11.5. The van der Waals surface area contributed by atoms with Crippen molar-refractivity contribution in [3.63, 3.8) is 0 Å². The summed E-state index contributed by atoms with van der Waals surface area (Å²) in [5, 5.41) is 3.80. The van der Waals surface area contributed by atoms with E-state index in [9.17, 15) is 4.79 Å². The molecule has 22 heavy (non-hydrogen) atoms. The Hall–Kier alpha value is -2.86. The van der Waals surface area contributed by atoms with E-state index in [1.807, 2.05) is 42.5 Å². The molecular formula is C16H18N4O2. The third-order valence-corrected chi connectivity index (χ3v) is 2.97. The van der Waals surface area contributed by atoms with Gasteiger partial charge in [-0.05, 0) is 11.1 Å². The van der Waals surface area contributed by atoms with Crippen molar-refractivity contribution in [3.05, 3.63) is 71.3 Å². The van der Waals surface area contributed by atoms with E-state index in [0.29, 0.717) is 12.1 Å². The first-order chi connectivity index (χ1) is 10.7. The summed E-state index contributed by atoms with van der Waals surface area (Å²) >= 11 is 0. The molecule has 0 aromatic heterocycles. The molecule has 2 rings (SSSR count). The maximum atomic E-state index is 11.5. The molecule has 2 aromatic carbocycles. The van der Waals surface area contributed by atoms with Gasteiger partial charge in [0, 0.05) is 12.1 Å². The van der Waals surface area contributed by atoms with Crippen molar-refractivity contribution in [1.29, 1.82) is 0 Å². The highest BCUT2D eigenvalue weighted by atomic mass is 16.6. The van der Waals surface area contributed by atoms with Crippen LogP contribution in [0.15, 0.2) is 59.7 Å². The number of hydrogen-bond acceptors (Lipinski definition) is 4. The molecule has 0 radical (unpaired) electrons. The summed E-state index contributed by atoms with van der Waals surface area (Å²) in [5.74, 6) is 0.195. The molecule has 0 spiro atoms. The topological polar surface area (TPSA) is 103 Å². The maximum absolute atomic E-state index is 11.5. The lowest BCUT2D eigenvalue weighted by Crippen LogP contribution is -2.24. The van der Waals surface area contributed by atoms with Crippen LogP contribution in [0.5, 0.6) is 0 Å². The molecule has 0 bridgehead atoms. The third-order valence-electron chi connectivity index (χ3n) is 2.97. The number of hydrazone groups is 1. The van der Waals surface area contributed by atoms with E-state index in [4.69, 9.17) is 16.2 Å².